The first-order valence-electron chi connectivity index (χ1n) is 6.50. The van der Waals surface area contributed by atoms with Gasteiger partial charge in [0.25, 0.3) is 0 Å². The van der Waals surface area contributed by atoms with Crippen molar-refractivity contribution in [2.45, 2.75) is 25.3 Å². The average Bonchev–Trinajstić information content (AvgIpc) is 3.01. The summed E-state index contributed by atoms with van der Waals surface area (Å²) in [5.41, 5.74) is 0. The lowest BCUT2D eigenvalue weighted by Crippen LogP contribution is -2.46. The van der Waals surface area contributed by atoms with Crippen molar-refractivity contribution >= 4 is 45.6 Å². The molecule has 0 aromatic carbocycles. The van der Waals surface area contributed by atoms with Crippen molar-refractivity contribution in [3.63, 3.8) is 0 Å². The van der Waals surface area contributed by atoms with E-state index in [2.05, 4.69) is 15.9 Å². The highest BCUT2D eigenvalue weighted by Gasteiger charge is 2.41. The van der Waals surface area contributed by atoms with Crippen LogP contribution >= 0.6 is 27.7 Å². The maximum absolute atomic E-state index is 12.4. The summed E-state index contributed by atoms with van der Waals surface area (Å²) in [6.45, 7) is 3.96. The molecule has 0 radical (unpaired) electrons. The van der Waals surface area contributed by atoms with E-state index in [1.807, 2.05) is 13.8 Å². The van der Waals surface area contributed by atoms with Gasteiger partial charge in [-0.2, -0.15) is 0 Å². The number of carboxylic acids is 1. The zero-order chi connectivity index (χ0) is 15.6. The summed E-state index contributed by atoms with van der Waals surface area (Å²) < 4.78 is 5.86. The summed E-state index contributed by atoms with van der Waals surface area (Å²) in [5, 5.41) is 9.15. The van der Waals surface area contributed by atoms with Crippen LogP contribution in [0, 0.1) is 5.92 Å². The van der Waals surface area contributed by atoms with E-state index >= 15 is 0 Å². The van der Waals surface area contributed by atoms with Gasteiger partial charge in [0.15, 0.2) is 4.67 Å². The molecule has 1 saturated heterocycles. The highest BCUT2D eigenvalue weighted by atomic mass is 79.9. The molecule has 2 atom stereocenters. The Labute approximate surface area is 135 Å². The third-order valence-corrected chi connectivity index (χ3v) is 5.18. The molecular formula is C14H16BrNO4S. The summed E-state index contributed by atoms with van der Waals surface area (Å²) in [4.78, 5) is 25.1. The minimum atomic E-state index is -0.965. The standard InChI is InChI=1S/C14H16BrNO4S/c1-8(2)13-16(10(7-21-13)14(18)19)12(17)6-4-9-3-5-11(15)20-9/h3-6,8,10,13H,7H2,1-2H3,(H,18,19). The molecule has 1 aliphatic heterocycles. The van der Waals surface area contributed by atoms with Crippen molar-refractivity contribution in [3.05, 3.63) is 28.6 Å². The third-order valence-electron chi connectivity index (χ3n) is 3.13. The number of furan rings is 1. The third kappa shape index (κ3) is 3.71. The first-order chi connectivity index (χ1) is 9.90. The monoisotopic (exact) mass is 373 g/mol. The molecule has 0 bridgehead atoms. The van der Waals surface area contributed by atoms with Crippen LogP contribution in [0.2, 0.25) is 0 Å². The van der Waals surface area contributed by atoms with Gasteiger partial charge in [-0.05, 0) is 40.1 Å². The first-order valence-corrected chi connectivity index (χ1v) is 8.34. The molecule has 1 aromatic rings. The van der Waals surface area contributed by atoms with E-state index in [0.717, 1.165) is 0 Å². The molecule has 0 spiro atoms. The maximum Gasteiger partial charge on any atom is 0.327 e. The van der Waals surface area contributed by atoms with Crippen molar-refractivity contribution in [3.8, 4) is 0 Å². The average molecular weight is 374 g/mol. The normalized spacial score (nSPS) is 22.4. The van der Waals surface area contributed by atoms with Gasteiger partial charge < -0.3 is 14.4 Å². The molecule has 2 unspecified atom stereocenters. The van der Waals surface area contributed by atoms with E-state index in [9.17, 15) is 14.7 Å². The SMILES string of the molecule is CC(C)C1SCC(C(=O)O)N1C(=O)C=Cc1ccc(Br)o1. The van der Waals surface area contributed by atoms with Crippen LogP contribution in [0.4, 0.5) is 0 Å². The van der Waals surface area contributed by atoms with E-state index in [0.29, 0.717) is 16.2 Å². The molecule has 1 fully saturated rings. The smallest absolute Gasteiger partial charge is 0.327 e. The van der Waals surface area contributed by atoms with Crippen LogP contribution in [0.5, 0.6) is 0 Å². The highest BCUT2D eigenvalue weighted by molar-refractivity contribution is 9.10. The zero-order valence-corrected chi connectivity index (χ0v) is 14.1. The summed E-state index contributed by atoms with van der Waals surface area (Å²) in [5.74, 6) is -0.124. The Hall–Kier alpha value is -1.21. The Balaban J connectivity index is 2.17. The van der Waals surface area contributed by atoms with Crippen LogP contribution < -0.4 is 0 Å². The van der Waals surface area contributed by atoms with Crippen LogP contribution in [0.1, 0.15) is 19.6 Å². The molecule has 1 N–H and O–H groups in total. The van der Waals surface area contributed by atoms with Crippen LogP contribution in [0.25, 0.3) is 6.08 Å². The number of nitrogens with zero attached hydrogens (tertiary/aromatic N) is 1. The molecular weight excluding hydrogens is 358 g/mol. The van der Waals surface area contributed by atoms with Crippen LogP contribution in [-0.4, -0.2) is 39.1 Å². The number of rotatable bonds is 4. The minimum absolute atomic E-state index is 0.119. The number of halogens is 1. The van der Waals surface area contributed by atoms with Crippen LogP contribution in [-0.2, 0) is 9.59 Å². The number of hydrogen-bond acceptors (Lipinski definition) is 4. The predicted molar refractivity (Wildman–Crippen MR) is 84.8 cm³/mol. The summed E-state index contributed by atoms with van der Waals surface area (Å²) >= 11 is 4.69. The second-order valence-corrected chi connectivity index (χ2v) is 6.97. The number of aliphatic carboxylic acids is 1. The Morgan fingerprint density at radius 2 is 2.24 bits per heavy atom. The Morgan fingerprint density at radius 3 is 2.76 bits per heavy atom. The highest BCUT2D eigenvalue weighted by Crippen LogP contribution is 2.34. The topological polar surface area (TPSA) is 70.8 Å². The fraction of sp³-hybridized carbons (Fsp3) is 0.429. The van der Waals surface area contributed by atoms with Gasteiger partial charge in [0.2, 0.25) is 5.91 Å². The molecule has 1 aromatic heterocycles. The van der Waals surface area contributed by atoms with Gasteiger partial charge in [-0.15, -0.1) is 11.8 Å². The number of hydrogen-bond donors (Lipinski definition) is 1. The van der Waals surface area contributed by atoms with Gasteiger partial charge in [-0.3, -0.25) is 4.79 Å². The molecule has 0 aliphatic carbocycles. The number of amides is 1. The largest absolute Gasteiger partial charge is 0.480 e. The van der Waals surface area contributed by atoms with Crippen molar-refractivity contribution < 1.29 is 19.1 Å². The molecule has 1 amide bonds. The van der Waals surface area contributed by atoms with E-state index < -0.39 is 12.0 Å². The lowest BCUT2D eigenvalue weighted by molar-refractivity contribution is -0.147. The van der Waals surface area contributed by atoms with Crippen molar-refractivity contribution in [2.24, 2.45) is 5.92 Å². The van der Waals surface area contributed by atoms with Gasteiger partial charge >= 0.3 is 5.97 Å². The van der Waals surface area contributed by atoms with Gasteiger partial charge in [-0.1, -0.05) is 13.8 Å². The molecule has 0 saturated carbocycles. The zero-order valence-electron chi connectivity index (χ0n) is 11.7. The summed E-state index contributed by atoms with van der Waals surface area (Å²) in [6.07, 6.45) is 2.91. The molecule has 21 heavy (non-hydrogen) atoms. The fourth-order valence-corrected chi connectivity index (χ4v) is 3.97. The molecule has 2 rings (SSSR count). The maximum atomic E-state index is 12.4. The van der Waals surface area contributed by atoms with E-state index in [1.54, 1.807) is 18.2 Å². The van der Waals surface area contributed by atoms with Crippen LogP contribution in [0.3, 0.4) is 0 Å². The number of carbonyl (C=O) groups excluding carboxylic acids is 1. The second kappa shape index (κ2) is 6.70. The van der Waals surface area contributed by atoms with E-state index in [4.69, 9.17) is 4.42 Å². The Bertz CT molecular complexity index is 569. The van der Waals surface area contributed by atoms with Crippen molar-refractivity contribution in [1.82, 2.24) is 4.90 Å². The molecule has 114 valence electrons. The molecule has 2 heterocycles. The first kappa shape index (κ1) is 16.2. The Morgan fingerprint density at radius 1 is 1.52 bits per heavy atom. The molecule has 1 aliphatic rings. The lowest BCUT2D eigenvalue weighted by Gasteiger charge is -2.28. The van der Waals surface area contributed by atoms with E-state index in [1.165, 1.54) is 22.7 Å². The van der Waals surface area contributed by atoms with Gasteiger partial charge in [-0.25, -0.2) is 4.79 Å². The fourth-order valence-electron chi connectivity index (χ4n) is 2.17. The molecule has 5 nitrogen and oxygen atoms in total. The molecule has 7 heteroatoms. The van der Waals surface area contributed by atoms with Gasteiger partial charge in [0.1, 0.15) is 11.8 Å². The van der Waals surface area contributed by atoms with Gasteiger partial charge in [0.05, 0.1) is 5.37 Å². The quantitative estimate of drug-likeness (QED) is 0.821. The van der Waals surface area contributed by atoms with Gasteiger partial charge in [0, 0.05) is 11.8 Å². The van der Waals surface area contributed by atoms with Crippen molar-refractivity contribution in [2.75, 3.05) is 5.75 Å². The number of carboxylic acid groups (broad SMARTS) is 1. The number of thioether (sulfide) groups is 1. The van der Waals surface area contributed by atoms with Crippen molar-refractivity contribution in [1.29, 1.82) is 0 Å². The van der Waals surface area contributed by atoms with Crippen LogP contribution in [0.15, 0.2) is 27.3 Å². The predicted octanol–water partition coefficient (Wildman–Crippen LogP) is 3.07. The summed E-state index contributed by atoms with van der Waals surface area (Å²) in [6, 6.07) is 2.68. The summed E-state index contributed by atoms with van der Waals surface area (Å²) in [7, 11) is 0. The second-order valence-electron chi connectivity index (χ2n) is 5.04. The Kier molecular flexibility index (Phi) is 5.16. The van der Waals surface area contributed by atoms with E-state index in [-0.39, 0.29) is 17.2 Å². The number of carbonyl (C=O) groups is 2. The minimum Gasteiger partial charge on any atom is -0.480 e. The lowest BCUT2D eigenvalue weighted by atomic mass is 10.1.